The Kier molecular flexibility index (Phi) is 4.56. The number of benzene rings is 1. The fraction of sp³-hybridized carbons (Fsp3) is 0.650. The van der Waals surface area contributed by atoms with Crippen LogP contribution in [0, 0.1) is 0 Å². The number of nitrogens with zero attached hydrogens (tertiary/aromatic N) is 1. The van der Waals surface area contributed by atoms with Gasteiger partial charge in [-0.2, -0.15) is 0 Å². The second kappa shape index (κ2) is 6.61. The summed E-state index contributed by atoms with van der Waals surface area (Å²) in [5.74, 6) is 0.606. The van der Waals surface area contributed by atoms with Crippen molar-refractivity contribution in [1.82, 2.24) is 10.2 Å². The molecule has 0 bridgehead atoms. The number of amides is 1. The maximum Gasteiger partial charge on any atom is 0.255 e. The maximum atomic E-state index is 12.8. The zero-order chi connectivity index (χ0) is 18.5. The Labute approximate surface area is 160 Å². The molecule has 0 radical (unpaired) electrons. The largest absolute Gasteiger partial charge is 0.489 e. The van der Waals surface area contributed by atoms with Crippen molar-refractivity contribution in [2.24, 2.45) is 0 Å². The Morgan fingerprint density at radius 3 is 2.77 bits per heavy atom. The molecule has 1 amide bonds. The van der Waals surface area contributed by atoms with Gasteiger partial charge in [0.05, 0.1) is 16.3 Å². The van der Waals surface area contributed by atoms with E-state index in [1.165, 1.54) is 38.8 Å². The molecule has 1 aromatic carbocycles. The van der Waals surface area contributed by atoms with Gasteiger partial charge in [-0.25, -0.2) is 0 Å². The Balaban J connectivity index is 1.48. The number of carbonyl (C=O) groups is 1. The first-order chi connectivity index (χ1) is 12.4. The van der Waals surface area contributed by atoms with Gasteiger partial charge in [-0.15, -0.1) is 0 Å². The van der Waals surface area contributed by atoms with Crippen LogP contribution in [0.15, 0.2) is 6.07 Å². The molecule has 142 valence electrons. The van der Waals surface area contributed by atoms with E-state index >= 15 is 0 Å². The second-order valence-corrected chi connectivity index (χ2v) is 8.51. The van der Waals surface area contributed by atoms with Gasteiger partial charge in [0.15, 0.2) is 0 Å². The highest BCUT2D eigenvalue weighted by molar-refractivity contribution is 6.34. The lowest BCUT2D eigenvalue weighted by molar-refractivity contribution is 0.0938. The molecule has 3 aliphatic heterocycles. The number of ether oxygens (including phenoxy) is 1. The van der Waals surface area contributed by atoms with Gasteiger partial charge in [0.2, 0.25) is 0 Å². The topological polar surface area (TPSA) is 67.6 Å². The van der Waals surface area contributed by atoms with Gasteiger partial charge in [-0.3, -0.25) is 9.69 Å². The minimum Gasteiger partial charge on any atom is -0.489 e. The average Bonchev–Trinajstić information content (AvgIpc) is 3.24. The van der Waals surface area contributed by atoms with Crippen LogP contribution in [0.3, 0.4) is 0 Å². The van der Waals surface area contributed by atoms with Crippen LogP contribution in [0.1, 0.15) is 67.8 Å². The molecule has 2 unspecified atom stereocenters. The quantitative estimate of drug-likeness (QED) is 0.787. The van der Waals surface area contributed by atoms with E-state index < -0.39 is 0 Å². The Hall–Kier alpha value is -1.46. The highest BCUT2D eigenvalue weighted by Gasteiger charge is 2.43. The van der Waals surface area contributed by atoms with Crippen LogP contribution in [0.4, 0.5) is 5.69 Å². The number of carbonyl (C=O) groups excluding carboxylic acids is 1. The zero-order valence-corrected chi connectivity index (χ0v) is 16.4. The lowest BCUT2D eigenvalue weighted by Gasteiger charge is -2.32. The monoisotopic (exact) mass is 377 g/mol. The normalized spacial score (nSPS) is 26.4. The number of nitrogen functional groups attached to an aromatic ring is 1. The fourth-order valence-electron chi connectivity index (χ4n) is 5.07. The van der Waals surface area contributed by atoms with E-state index in [-0.39, 0.29) is 17.9 Å². The minimum absolute atomic E-state index is 0.0123. The summed E-state index contributed by atoms with van der Waals surface area (Å²) in [6, 6.07) is 1.64. The molecule has 0 aromatic heterocycles. The summed E-state index contributed by atoms with van der Waals surface area (Å²) in [6.07, 6.45) is 6.06. The van der Waals surface area contributed by atoms with Crippen molar-refractivity contribution in [1.29, 1.82) is 0 Å². The van der Waals surface area contributed by atoms with E-state index in [1.54, 1.807) is 6.07 Å². The summed E-state index contributed by atoms with van der Waals surface area (Å²) in [5.41, 5.74) is 8.36. The third-order valence-corrected chi connectivity index (χ3v) is 7.02. The van der Waals surface area contributed by atoms with E-state index in [2.05, 4.69) is 17.1 Å². The number of nitrogens with one attached hydrogen (secondary N) is 1. The van der Waals surface area contributed by atoms with Crippen molar-refractivity contribution in [3.8, 4) is 5.75 Å². The van der Waals surface area contributed by atoms with Crippen molar-refractivity contribution in [2.45, 2.75) is 63.5 Å². The van der Waals surface area contributed by atoms with Gasteiger partial charge >= 0.3 is 0 Å². The van der Waals surface area contributed by atoms with E-state index in [0.717, 1.165) is 12.0 Å². The first-order valence-electron chi connectivity index (χ1n) is 9.75. The van der Waals surface area contributed by atoms with Gasteiger partial charge in [0.1, 0.15) is 11.9 Å². The molecule has 2 atom stereocenters. The van der Waals surface area contributed by atoms with E-state index in [9.17, 15) is 4.79 Å². The summed E-state index contributed by atoms with van der Waals surface area (Å²) < 4.78 is 5.95. The number of rotatable bonds is 4. The summed E-state index contributed by atoms with van der Waals surface area (Å²) in [7, 11) is 0. The lowest BCUT2D eigenvalue weighted by atomic mass is 9.90. The molecule has 3 N–H and O–H groups in total. The van der Waals surface area contributed by atoms with Crippen molar-refractivity contribution in [2.75, 3.05) is 25.4 Å². The average molecular weight is 378 g/mol. The van der Waals surface area contributed by atoms with Crippen molar-refractivity contribution in [3.05, 3.63) is 22.2 Å². The first kappa shape index (κ1) is 17.9. The fourth-order valence-corrected chi connectivity index (χ4v) is 5.28. The van der Waals surface area contributed by atoms with Crippen LogP contribution in [-0.4, -0.2) is 42.1 Å². The number of hydrogen-bond donors (Lipinski definition) is 2. The van der Waals surface area contributed by atoms with Crippen molar-refractivity contribution < 1.29 is 9.53 Å². The van der Waals surface area contributed by atoms with Gasteiger partial charge in [0, 0.05) is 23.6 Å². The maximum absolute atomic E-state index is 12.8. The van der Waals surface area contributed by atoms with E-state index in [0.29, 0.717) is 34.1 Å². The Morgan fingerprint density at radius 1 is 1.38 bits per heavy atom. The predicted molar refractivity (Wildman–Crippen MR) is 104 cm³/mol. The minimum atomic E-state index is -0.122. The summed E-state index contributed by atoms with van der Waals surface area (Å²) in [4.78, 5) is 15.5. The third kappa shape index (κ3) is 2.76. The molecule has 3 aliphatic rings. The molecule has 0 spiro atoms. The lowest BCUT2D eigenvalue weighted by Crippen LogP contribution is -2.41. The zero-order valence-electron chi connectivity index (χ0n) is 15.6. The molecular formula is C20H28ClN3O2. The molecular weight excluding hydrogens is 350 g/mol. The predicted octanol–water partition coefficient (Wildman–Crippen LogP) is 3.55. The molecule has 1 aromatic rings. The Bertz CT molecular complexity index is 726. The van der Waals surface area contributed by atoms with Crippen LogP contribution in [0.5, 0.6) is 5.75 Å². The molecule has 0 saturated carbocycles. The number of anilines is 1. The van der Waals surface area contributed by atoms with Crippen molar-refractivity contribution >= 4 is 23.2 Å². The SMILES string of the molecule is CC1Oc2c(C(=O)NCCC34CCCN3CCC4)cc(Cl)c(N)c2C1C. The van der Waals surface area contributed by atoms with Crippen LogP contribution < -0.4 is 15.8 Å². The van der Waals surface area contributed by atoms with Crippen molar-refractivity contribution in [3.63, 3.8) is 0 Å². The molecule has 6 heteroatoms. The molecule has 2 fully saturated rings. The van der Waals surface area contributed by atoms with Crippen LogP contribution in [0.25, 0.3) is 0 Å². The number of nitrogens with two attached hydrogens (primary N) is 1. The summed E-state index contributed by atoms with van der Waals surface area (Å²) in [5, 5.41) is 3.52. The van der Waals surface area contributed by atoms with E-state index in [1.807, 2.05) is 6.92 Å². The van der Waals surface area contributed by atoms with Gasteiger partial charge in [0.25, 0.3) is 5.91 Å². The van der Waals surface area contributed by atoms with Gasteiger partial charge in [-0.05, 0) is 58.2 Å². The summed E-state index contributed by atoms with van der Waals surface area (Å²) in [6.45, 7) is 7.14. The highest BCUT2D eigenvalue weighted by atomic mass is 35.5. The molecule has 5 nitrogen and oxygen atoms in total. The highest BCUT2D eigenvalue weighted by Crippen LogP contribution is 2.46. The Morgan fingerprint density at radius 2 is 2.08 bits per heavy atom. The van der Waals surface area contributed by atoms with Gasteiger partial charge in [-0.1, -0.05) is 18.5 Å². The van der Waals surface area contributed by atoms with Gasteiger partial charge < -0.3 is 15.8 Å². The molecule has 3 heterocycles. The van der Waals surface area contributed by atoms with E-state index in [4.69, 9.17) is 22.1 Å². The number of fused-ring (bicyclic) bond motifs is 2. The van der Waals surface area contributed by atoms with Crippen LogP contribution in [0.2, 0.25) is 5.02 Å². The van der Waals surface area contributed by atoms with Crippen LogP contribution >= 0.6 is 11.6 Å². The summed E-state index contributed by atoms with van der Waals surface area (Å²) >= 11 is 6.30. The number of hydrogen-bond acceptors (Lipinski definition) is 4. The molecule has 0 aliphatic carbocycles. The smallest absolute Gasteiger partial charge is 0.255 e. The molecule has 2 saturated heterocycles. The third-order valence-electron chi connectivity index (χ3n) is 6.70. The standard InChI is InChI=1S/C20H28ClN3O2/c1-12-13(2)26-18-14(11-15(21)17(22)16(12)18)19(25)23-8-7-20-5-3-9-24(20)10-4-6-20/h11-13H,3-10,22H2,1-2H3,(H,23,25). The first-order valence-corrected chi connectivity index (χ1v) is 10.1. The molecule has 4 rings (SSSR count). The number of halogens is 1. The molecule has 26 heavy (non-hydrogen) atoms. The van der Waals surface area contributed by atoms with Crippen LogP contribution in [-0.2, 0) is 0 Å². The second-order valence-electron chi connectivity index (χ2n) is 8.10.